The average Bonchev–Trinajstić information content (AvgIpc) is 3.37. The number of fused-ring (bicyclic) bond motifs is 4. The van der Waals surface area contributed by atoms with E-state index in [4.69, 9.17) is 0 Å². The van der Waals surface area contributed by atoms with Crippen LogP contribution < -0.4 is 0 Å². The number of amides is 1. The van der Waals surface area contributed by atoms with E-state index in [1.807, 2.05) is 0 Å². The first-order valence-electron chi connectivity index (χ1n) is 10.0. The summed E-state index contributed by atoms with van der Waals surface area (Å²) in [5.74, 6) is 0.378. The summed E-state index contributed by atoms with van der Waals surface area (Å²) in [5.41, 5.74) is 5.31. The van der Waals surface area contributed by atoms with Crippen LogP contribution in [0.5, 0.6) is 0 Å². The van der Waals surface area contributed by atoms with Gasteiger partial charge in [0.25, 0.3) is 0 Å². The Morgan fingerprint density at radius 1 is 1.15 bits per heavy atom. The summed E-state index contributed by atoms with van der Waals surface area (Å²) >= 11 is 0. The van der Waals surface area contributed by atoms with E-state index in [2.05, 4.69) is 52.3 Å². The maximum atomic E-state index is 13.4. The maximum absolute atomic E-state index is 13.4. The van der Waals surface area contributed by atoms with E-state index in [0.717, 1.165) is 13.0 Å². The Hall–Kier alpha value is -2.07. The molecule has 4 heterocycles. The second kappa shape index (κ2) is 5.23. The number of carbonyl (C=O) groups is 1. The minimum absolute atomic E-state index is 0.00296. The summed E-state index contributed by atoms with van der Waals surface area (Å²) in [6.07, 6.45) is 10.4. The molecule has 1 aliphatic carbocycles. The Bertz CT molecular complexity index is 922. The van der Waals surface area contributed by atoms with Crippen molar-refractivity contribution in [3.8, 4) is 0 Å². The van der Waals surface area contributed by atoms with Crippen LogP contribution in [0, 0.1) is 5.92 Å². The SMILES string of the molecule is CN1CC(C(=O)N2C3CCC2CC3)C=C2c3cccc4[nH]cc(c34)CC21. The smallest absolute Gasteiger partial charge is 0.231 e. The molecule has 4 nitrogen and oxygen atoms in total. The molecule has 26 heavy (non-hydrogen) atoms. The Balaban J connectivity index is 1.43. The molecular formula is C22H25N3O. The van der Waals surface area contributed by atoms with Crippen LogP contribution in [0.15, 0.2) is 30.5 Å². The molecule has 6 rings (SSSR count). The van der Waals surface area contributed by atoms with Crippen molar-refractivity contribution >= 4 is 22.4 Å². The van der Waals surface area contributed by atoms with Gasteiger partial charge in [-0.1, -0.05) is 18.2 Å². The maximum Gasteiger partial charge on any atom is 0.231 e. The van der Waals surface area contributed by atoms with Gasteiger partial charge in [-0.2, -0.15) is 0 Å². The van der Waals surface area contributed by atoms with Crippen molar-refractivity contribution in [2.45, 2.75) is 50.2 Å². The van der Waals surface area contributed by atoms with Crippen molar-refractivity contribution in [3.63, 3.8) is 0 Å². The van der Waals surface area contributed by atoms with Crippen molar-refractivity contribution in [3.05, 3.63) is 41.6 Å². The minimum atomic E-state index is 0.00296. The van der Waals surface area contributed by atoms with E-state index >= 15 is 0 Å². The van der Waals surface area contributed by atoms with E-state index in [1.54, 1.807) is 0 Å². The van der Waals surface area contributed by atoms with Gasteiger partial charge in [-0.25, -0.2) is 0 Å². The van der Waals surface area contributed by atoms with Crippen molar-refractivity contribution in [2.75, 3.05) is 13.6 Å². The predicted octanol–water partition coefficient (Wildman–Crippen LogP) is 3.19. The number of H-pyrrole nitrogens is 1. The Labute approximate surface area is 153 Å². The zero-order chi connectivity index (χ0) is 17.4. The van der Waals surface area contributed by atoms with Crippen LogP contribution in [0.4, 0.5) is 0 Å². The molecule has 1 amide bonds. The Morgan fingerprint density at radius 3 is 2.69 bits per heavy atom. The number of aromatic amines is 1. The van der Waals surface area contributed by atoms with Gasteiger partial charge in [0.05, 0.1) is 5.92 Å². The number of nitrogens with one attached hydrogen (secondary N) is 1. The van der Waals surface area contributed by atoms with Gasteiger partial charge in [-0.05, 0) is 61.9 Å². The van der Waals surface area contributed by atoms with E-state index in [1.165, 1.54) is 53.3 Å². The van der Waals surface area contributed by atoms with E-state index in [-0.39, 0.29) is 5.92 Å². The number of aromatic nitrogens is 1. The number of hydrogen-bond donors (Lipinski definition) is 1. The molecule has 1 aromatic carbocycles. The summed E-state index contributed by atoms with van der Waals surface area (Å²) < 4.78 is 0. The van der Waals surface area contributed by atoms with Gasteiger partial charge in [-0.3, -0.25) is 9.69 Å². The summed E-state index contributed by atoms with van der Waals surface area (Å²) in [5, 5.41) is 1.36. The fourth-order valence-electron chi connectivity index (χ4n) is 6.07. The highest BCUT2D eigenvalue weighted by molar-refractivity contribution is 5.99. The standard InChI is InChI=1S/C22H25N3O/c1-24-12-14(22(26)25-15-5-6-16(25)8-7-15)9-18-17-3-2-4-19-21(17)13(11-23-19)10-20(18)24/h2-4,9,11,14-16,20,23H,5-8,10,12H2,1H3. The zero-order valence-electron chi connectivity index (χ0n) is 15.2. The van der Waals surface area contributed by atoms with Gasteiger partial charge < -0.3 is 9.88 Å². The molecule has 4 heteroatoms. The summed E-state index contributed by atoms with van der Waals surface area (Å²) in [7, 11) is 2.19. The highest BCUT2D eigenvalue weighted by Crippen LogP contribution is 2.43. The van der Waals surface area contributed by atoms with E-state index in [9.17, 15) is 4.79 Å². The molecule has 4 aliphatic rings. The van der Waals surface area contributed by atoms with Crippen molar-refractivity contribution in [1.29, 1.82) is 0 Å². The first-order chi connectivity index (χ1) is 12.7. The molecule has 1 aromatic heterocycles. The first kappa shape index (κ1) is 15.0. The largest absolute Gasteiger partial charge is 0.361 e. The zero-order valence-corrected chi connectivity index (χ0v) is 15.2. The molecule has 2 atom stereocenters. The van der Waals surface area contributed by atoms with E-state index < -0.39 is 0 Å². The summed E-state index contributed by atoms with van der Waals surface area (Å²) in [6, 6.07) is 7.94. The number of benzene rings is 1. The van der Waals surface area contributed by atoms with E-state index in [0.29, 0.717) is 24.0 Å². The minimum Gasteiger partial charge on any atom is -0.361 e. The van der Waals surface area contributed by atoms with Crippen LogP contribution in [-0.2, 0) is 11.2 Å². The van der Waals surface area contributed by atoms with Gasteiger partial charge in [0.1, 0.15) is 0 Å². The van der Waals surface area contributed by atoms with Gasteiger partial charge in [0, 0.05) is 41.8 Å². The highest BCUT2D eigenvalue weighted by Gasteiger charge is 2.45. The normalized spacial score (nSPS) is 32.8. The van der Waals surface area contributed by atoms with Gasteiger partial charge in [-0.15, -0.1) is 0 Å². The lowest BCUT2D eigenvalue weighted by Crippen LogP contribution is -2.48. The fraction of sp³-hybridized carbons (Fsp3) is 0.500. The monoisotopic (exact) mass is 347 g/mol. The molecule has 3 aliphatic heterocycles. The lowest BCUT2D eigenvalue weighted by molar-refractivity contribution is -0.136. The highest BCUT2D eigenvalue weighted by atomic mass is 16.2. The first-order valence-corrected chi connectivity index (χ1v) is 10.0. The van der Waals surface area contributed by atoms with Crippen LogP contribution in [-0.4, -0.2) is 52.4 Å². The molecule has 2 aromatic rings. The van der Waals surface area contributed by atoms with Gasteiger partial charge in [0.15, 0.2) is 0 Å². The Morgan fingerprint density at radius 2 is 1.92 bits per heavy atom. The summed E-state index contributed by atoms with van der Waals surface area (Å²) in [6.45, 7) is 0.846. The van der Waals surface area contributed by atoms with Gasteiger partial charge in [0.2, 0.25) is 5.91 Å². The molecule has 2 bridgehead atoms. The summed E-state index contributed by atoms with van der Waals surface area (Å²) in [4.78, 5) is 21.4. The molecule has 2 unspecified atom stereocenters. The molecule has 2 fully saturated rings. The molecule has 134 valence electrons. The van der Waals surface area contributed by atoms with Crippen molar-refractivity contribution in [1.82, 2.24) is 14.8 Å². The second-order valence-corrected chi connectivity index (χ2v) is 8.64. The van der Waals surface area contributed by atoms with Gasteiger partial charge >= 0.3 is 0 Å². The lowest BCUT2D eigenvalue weighted by atomic mass is 9.79. The quantitative estimate of drug-likeness (QED) is 0.860. The fourth-order valence-corrected chi connectivity index (χ4v) is 6.07. The molecule has 1 N–H and O–H groups in total. The van der Waals surface area contributed by atoms with Crippen LogP contribution in [0.3, 0.4) is 0 Å². The second-order valence-electron chi connectivity index (χ2n) is 8.64. The number of rotatable bonds is 1. The van der Waals surface area contributed by atoms with Crippen LogP contribution in [0.1, 0.15) is 36.8 Å². The molecule has 0 radical (unpaired) electrons. The Kier molecular flexibility index (Phi) is 3.02. The molecule has 2 saturated heterocycles. The van der Waals surface area contributed by atoms with Crippen molar-refractivity contribution < 1.29 is 4.79 Å². The number of hydrogen-bond acceptors (Lipinski definition) is 2. The third-order valence-corrected chi connectivity index (χ3v) is 7.29. The number of nitrogens with zero attached hydrogens (tertiary/aromatic N) is 2. The predicted molar refractivity (Wildman–Crippen MR) is 103 cm³/mol. The molecular weight excluding hydrogens is 322 g/mol. The third kappa shape index (κ3) is 1.91. The topological polar surface area (TPSA) is 39.3 Å². The van der Waals surface area contributed by atoms with Crippen LogP contribution in [0.2, 0.25) is 0 Å². The number of carbonyl (C=O) groups excluding carboxylic acids is 1. The molecule has 0 spiro atoms. The van der Waals surface area contributed by atoms with Crippen LogP contribution >= 0.6 is 0 Å². The lowest BCUT2D eigenvalue weighted by Gasteiger charge is -2.40. The van der Waals surface area contributed by atoms with Crippen molar-refractivity contribution in [2.24, 2.45) is 5.92 Å². The van der Waals surface area contributed by atoms with Crippen LogP contribution in [0.25, 0.3) is 16.5 Å². The average molecular weight is 347 g/mol. The number of likely N-dealkylation sites (N-methyl/N-ethyl adjacent to an activating group) is 1. The molecule has 0 saturated carbocycles. The third-order valence-electron chi connectivity index (χ3n) is 7.29.